The maximum Gasteiger partial charge on any atom is 0.265 e. The highest BCUT2D eigenvalue weighted by atomic mass is 32.2. The maximum atomic E-state index is 13.3. The second-order valence-corrected chi connectivity index (χ2v) is 8.75. The molecule has 4 rings (SSSR count). The molecule has 2 aromatic rings. The number of carbonyl (C=O) groups is 2. The Morgan fingerprint density at radius 3 is 2.31 bits per heavy atom. The molecule has 0 unspecified atom stereocenters. The predicted octanol–water partition coefficient (Wildman–Crippen LogP) is 0.944. The van der Waals surface area contributed by atoms with E-state index >= 15 is 0 Å². The fourth-order valence-electron chi connectivity index (χ4n) is 3.53. The van der Waals surface area contributed by atoms with Gasteiger partial charge < -0.3 is 14.5 Å². The molecule has 152 valence electrons. The van der Waals surface area contributed by atoms with Crippen molar-refractivity contribution in [1.82, 2.24) is 9.80 Å². The van der Waals surface area contributed by atoms with Crippen LogP contribution in [0.5, 0.6) is 5.75 Å². The summed E-state index contributed by atoms with van der Waals surface area (Å²) >= 11 is 0. The Morgan fingerprint density at radius 2 is 1.62 bits per heavy atom. The van der Waals surface area contributed by atoms with E-state index in [0.29, 0.717) is 37.6 Å². The molecule has 1 fully saturated rings. The quantitative estimate of drug-likeness (QED) is 0.694. The first-order valence-corrected chi connectivity index (χ1v) is 10.8. The molecule has 0 spiro atoms. The molecule has 8 nitrogen and oxygen atoms in total. The molecular formula is C20H21N3O5S. The van der Waals surface area contributed by atoms with Gasteiger partial charge in [-0.25, -0.2) is 8.42 Å². The fraction of sp³-hybridized carbons (Fsp3) is 0.300. The molecule has 1 atom stereocenters. The summed E-state index contributed by atoms with van der Waals surface area (Å²) in [5.74, 6) is 0.0708. The van der Waals surface area contributed by atoms with Gasteiger partial charge in [0, 0.05) is 26.2 Å². The summed E-state index contributed by atoms with van der Waals surface area (Å²) in [7, 11) is -3.86. The first kappa shape index (κ1) is 19.3. The van der Waals surface area contributed by atoms with Crippen LogP contribution in [0.3, 0.4) is 0 Å². The van der Waals surface area contributed by atoms with Gasteiger partial charge >= 0.3 is 0 Å². The van der Waals surface area contributed by atoms with Crippen LogP contribution in [0.1, 0.15) is 0 Å². The molecule has 0 aromatic heterocycles. The lowest BCUT2D eigenvalue weighted by molar-refractivity contribution is -0.141. The van der Waals surface area contributed by atoms with Crippen molar-refractivity contribution in [3.8, 4) is 5.75 Å². The Hall–Kier alpha value is -3.07. The van der Waals surface area contributed by atoms with Crippen molar-refractivity contribution >= 4 is 28.0 Å². The van der Waals surface area contributed by atoms with Gasteiger partial charge in [0.1, 0.15) is 5.75 Å². The van der Waals surface area contributed by atoms with Crippen LogP contribution in [0.4, 0.5) is 5.69 Å². The summed E-state index contributed by atoms with van der Waals surface area (Å²) in [5.41, 5.74) is 0.408. The van der Waals surface area contributed by atoms with Gasteiger partial charge in [-0.3, -0.25) is 13.9 Å². The number of nitrogens with zero attached hydrogens (tertiary/aromatic N) is 3. The monoisotopic (exact) mass is 415 g/mol. The van der Waals surface area contributed by atoms with Crippen LogP contribution >= 0.6 is 0 Å². The number of para-hydroxylation sites is 2. The molecule has 0 bridgehead atoms. The van der Waals surface area contributed by atoms with Gasteiger partial charge in [-0.05, 0) is 24.3 Å². The van der Waals surface area contributed by atoms with E-state index in [1.165, 1.54) is 16.4 Å². The number of carbonyl (C=O) groups excluding carboxylic acids is 2. The molecule has 29 heavy (non-hydrogen) atoms. The van der Waals surface area contributed by atoms with E-state index in [-0.39, 0.29) is 17.3 Å². The Bertz CT molecular complexity index is 1000. The van der Waals surface area contributed by atoms with E-state index in [9.17, 15) is 18.0 Å². The predicted molar refractivity (Wildman–Crippen MR) is 106 cm³/mol. The zero-order chi connectivity index (χ0) is 20.4. The van der Waals surface area contributed by atoms with Crippen LogP contribution in [0.25, 0.3) is 0 Å². The van der Waals surface area contributed by atoms with Gasteiger partial charge in [0.15, 0.2) is 6.10 Å². The zero-order valence-electron chi connectivity index (χ0n) is 15.7. The first-order valence-electron chi connectivity index (χ1n) is 9.32. The number of hydrogen-bond acceptors (Lipinski definition) is 5. The van der Waals surface area contributed by atoms with Crippen molar-refractivity contribution in [2.45, 2.75) is 11.0 Å². The smallest absolute Gasteiger partial charge is 0.265 e. The Morgan fingerprint density at radius 1 is 0.966 bits per heavy atom. The van der Waals surface area contributed by atoms with Crippen LogP contribution in [-0.2, 0) is 19.6 Å². The molecule has 0 N–H and O–H groups in total. The van der Waals surface area contributed by atoms with Crippen molar-refractivity contribution in [1.29, 1.82) is 0 Å². The number of benzene rings is 2. The molecule has 2 aliphatic heterocycles. The summed E-state index contributed by atoms with van der Waals surface area (Å²) in [6, 6.07) is 14.9. The topological polar surface area (TPSA) is 87.2 Å². The Kier molecular flexibility index (Phi) is 5.14. The van der Waals surface area contributed by atoms with Crippen molar-refractivity contribution < 1.29 is 22.7 Å². The summed E-state index contributed by atoms with van der Waals surface area (Å²) in [5, 5.41) is 0. The minimum absolute atomic E-state index is 0.110. The summed E-state index contributed by atoms with van der Waals surface area (Å²) in [4.78, 5) is 27.3. The highest BCUT2D eigenvalue weighted by Gasteiger charge is 2.39. The van der Waals surface area contributed by atoms with Gasteiger partial charge in [-0.1, -0.05) is 30.3 Å². The Balaban J connectivity index is 1.63. The minimum Gasteiger partial charge on any atom is -0.476 e. The molecule has 0 aliphatic carbocycles. The third-order valence-corrected chi connectivity index (χ3v) is 6.91. The largest absolute Gasteiger partial charge is 0.476 e. The third kappa shape index (κ3) is 3.65. The van der Waals surface area contributed by atoms with Crippen LogP contribution in [0.2, 0.25) is 0 Å². The third-order valence-electron chi connectivity index (χ3n) is 5.12. The van der Waals surface area contributed by atoms with E-state index in [4.69, 9.17) is 4.74 Å². The number of rotatable bonds is 4. The Labute approximate surface area is 169 Å². The lowest BCUT2D eigenvalue weighted by Crippen LogP contribution is -2.56. The van der Waals surface area contributed by atoms with Crippen molar-refractivity contribution in [3.05, 3.63) is 54.6 Å². The van der Waals surface area contributed by atoms with Crippen LogP contribution in [0, 0.1) is 0 Å². The SMILES string of the molecule is O=CN1CCN(C(=O)[C@H]2CN(S(=O)(=O)c3ccccc3)c3ccccc3O2)CC1. The molecule has 0 saturated carbocycles. The van der Waals surface area contributed by atoms with Crippen LogP contribution in [-0.4, -0.2) is 69.4 Å². The molecule has 0 radical (unpaired) electrons. The number of sulfonamides is 1. The molecular weight excluding hydrogens is 394 g/mol. The molecule has 2 heterocycles. The number of anilines is 1. The number of ether oxygens (including phenoxy) is 1. The number of amides is 2. The maximum absolute atomic E-state index is 13.3. The molecule has 2 aromatic carbocycles. The van der Waals surface area contributed by atoms with Gasteiger partial charge in [-0.15, -0.1) is 0 Å². The molecule has 9 heteroatoms. The van der Waals surface area contributed by atoms with Crippen molar-refractivity contribution in [2.75, 3.05) is 37.0 Å². The van der Waals surface area contributed by atoms with E-state index in [0.717, 1.165) is 6.41 Å². The average Bonchev–Trinajstić information content (AvgIpc) is 2.78. The van der Waals surface area contributed by atoms with Crippen LogP contribution < -0.4 is 9.04 Å². The average molecular weight is 415 g/mol. The molecule has 2 aliphatic rings. The second-order valence-electron chi connectivity index (χ2n) is 6.89. The number of hydrogen-bond donors (Lipinski definition) is 0. The normalized spacial score (nSPS) is 19.3. The van der Waals surface area contributed by atoms with Crippen LogP contribution in [0.15, 0.2) is 59.5 Å². The van der Waals surface area contributed by atoms with Crippen molar-refractivity contribution in [3.63, 3.8) is 0 Å². The van der Waals surface area contributed by atoms with E-state index in [1.807, 2.05) is 0 Å². The summed E-state index contributed by atoms with van der Waals surface area (Å²) < 4.78 is 33.7. The van der Waals surface area contributed by atoms with Gasteiger partial charge in [-0.2, -0.15) is 0 Å². The minimum atomic E-state index is -3.86. The highest BCUT2D eigenvalue weighted by Crippen LogP contribution is 2.37. The van der Waals surface area contributed by atoms with Gasteiger partial charge in [0.05, 0.1) is 17.1 Å². The lowest BCUT2D eigenvalue weighted by atomic mass is 10.2. The number of fused-ring (bicyclic) bond motifs is 1. The van der Waals surface area contributed by atoms with Gasteiger partial charge in [0.2, 0.25) is 6.41 Å². The first-order chi connectivity index (χ1) is 14.0. The van der Waals surface area contributed by atoms with Crippen molar-refractivity contribution in [2.24, 2.45) is 0 Å². The van der Waals surface area contributed by atoms with E-state index < -0.39 is 16.1 Å². The second kappa shape index (κ2) is 7.75. The standard InChI is InChI=1S/C20H21N3O5S/c24-15-21-10-12-22(13-11-21)20(25)19-14-23(17-8-4-5-9-18(17)28-19)29(26,27)16-6-2-1-3-7-16/h1-9,15,19H,10-14H2/t19-/m1/s1. The zero-order valence-corrected chi connectivity index (χ0v) is 16.5. The molecule has 1 saturated heterocycles. The van der Waals surface area contributed by atoms with Gasteiger partial charge in [0.25, 0.3) is 15.9 Å². The fourth-order valence-corrected chi connectivity index (χ4v) is 5.03. The van der Waals surface area contributed by atoms with E-state index in [2.05, 4.69) is 0 Å². The highest BCUT2D eigenvalue weighted by molar-refractivity contribution is 7.92. The van der Waals surface area contributed by atoms with E-state index in [1.54, 1.807) is 52.3 Å². The lowest BCUT2D eigenvalue weighted by Gasteiger charge is -2.38. The molecule has 2 amide bonds. The summed E-state index contributed by atoms with van der Waals surface area (Å²) in [6.07, 6.45) is -0.185. The number of piperazine rings is 1. The summed E-state index contributed by atoms with van der Waals surface area (Å²) in [6.45, 7) is 1.57.